The Labute approximate surface area is 293 Å². The Kier molecular flexibility index (Phi) is 5.99. The SMILES string of the molecule is c1ccc(-c2nc3ccccc3c3c2cc(-c2c4ccccc4c(-c4ccc5ccccc5c4)c4ccccc24)c2oc4ccccc4c23)cc1. The number of furan rings is 1. The van der Waals surface area contributed by atoms with Crippen molar-refractivity contribution < 1.29 is 4.42 Å². The lowest BCUT2D eigenvalue weighted by atomic mass is 9.84. The van der Waals surface area contributed by atoms with Gasteiger partial charge in [-0.25, -0.2) is 4.98 Å². The van der Waals surface area contributed by atoms with Crippen molar-refractivity contribution in [3.63, 3.8) is 0 Å². The Balaban J connectivity index is 1.35. The van der Waals surface area contributed by atoms with E-state index in [2.05, 4.69) is 176 Å². The number of pyridine rings is 1. The van der Waals surface area contributed by atoms with Crippen LogP contribution >= 0.6 is 0 Å². The number of hydrogen-bond acceptors (Lipinski definition) is 2. The number of benzene rings is 9. The van der Waals surface area contributed by atoms with Gasteiger partial charge in [-0.2, -0.15) is 0 Å². The first-order valence-electron chi connectivity index (χ1n) is 17.5. The molecule has 0 aliphatic rings. The van der Waals surface area contributed by atoms with E-state index in [-0.39, 0.29) is 0 Å². The van der Waals surface area contributed by atoms with E-state index in [0.29, 0.717) is 0 Å². The van der Waals surface area contributed by atoms with Gasteiger partial charge < -0.3 is 4.42 Å². The number of rotatable bonds is 3. The summed E-state index contributed by atoms with van der Waals surface area (Å²) in [7, 11) is 0. The third kappa shape index (κ3) is 4.14. The predicted molar refractivity (Wildman–Crippen MR) is 215 cm³/mol. The fourth-order valence-corrected chi connectivity index (χ4v) is 8.41. The van der Waals surface area contributed by atoms with Crippen LogP contribution in [0.2, 0.25) is 0 Å². The third-order valence-corrected chi connectivity index (χ3v) is 10.6. The van der Waals surface area contributed by atoms with Crippen molar-refractivity contribution >= 4 is 75.9 Å². The zero-order valence-electron chi connectivity index (χ0n) is 27.6. The van der Waals surface area contributed by atoms with Gasteiger partial charge in [0.1, 0.15) is 11.2 Å². The minimum Gasteiger partial charge on any atom is -0.455 e. The summed E-state index contributed by atoms with van der Waals surface area (Å²) in [5.74, 6) is 0. The van der Waals surface area contributed by atoms with E-state index in [1.807, 2.05) is 0 Å². The van der Waals surface area contributed by atoms with E-state index in [4.69, 9.17) is 9.40 Å². The van der Waals surface area contributed by atoms with Crippen LogP contribution in [0.25, 0.3) is 109 Å². The van der Waals surface area contributed by atoms with Crippen molar-refractivity contribution in [2.75, 3.05) is 0 Å². The molecule has 0 N–H and O–H groups in total. The third-order valence-electron chi connectivity index (χ3n) is 10.6. The second-order valence-corrected chi connectivity index (χ2v) is 13.4. The Morgan fingerprint density at radius 1 is 0.373 bits per heavy atom. The summed E-state index contributed by atoms with van der Waals surface area (Å²) in [5.41, 5.74) is 9.50. The zero-order chi connectivity index (χ0) is 33.5. The highest BCUT2D eigenvalue weighted by Crippen LogP contribution is 2.50. The van der Waals surface area contributed by atoms with Gasteiger partial charge in [0.25, 0.3) is 0 Å². The van der Waals surface area contributed by atoms with Crippen LogP contribution in [0.4, 0.5) is 0 Å². The molecule has 2 heteroatoms. The number of para-hydroxylation sites is 2. The molecule has 0 bridgehead atoms. The molecule has 2 aromatic heterocycles. The summed E-state index contributed by atoms with van der Waals surface area (Å²) in [6.45, 7) is 0. The van der Waals surface area contributed by atoms with Crippen LogP contribution < -0.4 is 0 Å². The van der Waals surface area contributed by atoms with E-state index in [0.717, 1.165) is 55.0 Å². The molecule has 2 nitrogen and oxygen atoms in total. The van der Waals surface area contributed by atoms with E-state index >= 15 is 0 Å². The van der Waals surface area contributed by atoms with Gasteiger partial charge in [0.05, 0.1) is 11.2 Å². The second-order valence-electron chi connectivity index (χ2n) is 13.4. The van der Waals surface area contributed by atoms with Gasteiger partial charge in [0, 0.05) is 43.6 Å². The van der Waals surface area contributed by atoms with Crippen LogP contribution in [-0.4, -0.2) is 4.98 Å². The van der Waals surface area contributed by atoms with Gasteiger partial charge in [0.2, 0.25) is 0 Å². The van der Waals surface area contributed by atoms with Crippen molar-refractivity contribution in [2.45, 2.75) is 0 Å². The van der Waals surface area contributed by atoms with E-state index < -0.39 is 0 Å². The molecule has 0 spiro atoms. The molecule has 2 heterocycles. The second kappa shape index (κ2) is 10.9. The number of fused-ring (bicyclic) bond motifs is 10. The predicted octanol–water partition coefficient (Wildman–Crippen LogP) is 13.7. The number of hydrogen-bond donors (Lipinski definition) is 0. The molecule has 9 aromatic carbocycles. The van der Waals surface area contributed by atoms with Gasteiger partial charge in [-0.3, -0.25) is 0 Å². The normalized spacial score (nSPS) is 11.9. The topological polar surface area (TPSA) is 26.0 Å². The molecule has 0 amide bonds. The highest BCUT2D eigenvalue weighted by atomic mass is 16.3. The minimum atomic E-state index is 0.879. The van der Waals surface area contributed by atoms with Crippen LogP contribution in [-0.2, 0) is 0 Å². The molecule has 0 unspecified atom stereocenters. The van der Waals surface area contributed by atoms with Crippen molar-refractivity contribution in [2.24, 2.45) is 0 Å². The smallest absolute Gasteiger partial charge is 0.143 e. The van der Waals surface area contributed by atoms with Crippen molar-refractivity contribution in [1.29, 1.82) is 0 Å². The lowest BCUT2D eigenvalue weighted by Gasteiger charge is -2.19. The number of nitrogens with zero attached hydrogens (tertiary/aromatic N) is 1. The maximum Gasteiger partial charge on any atom is 0.143 e. The summed E-state index contributed by atoms with van der Waals surface area (Å²) in [6.07, 6.45) is 0. The van der Waals surface area contributed by atoms with Crippen LogP contribution in [0.15, 0.2) is 180 Å². The van der Waals surface area contributed by atoms with Crippen molar-refractivity contribution in [1.82, 2.24) is 4.98 Å². The zero-order valence-corrected chi connectivity index (χ0v) is 27.6. The van der Waals surface area contributed by atoms with Crippen LogP contribution in [0.1, 0.15) is 0 Å². The Hall–Kier alpha value is -6.77. The molecule has 0 saturated carbocycles. The highest BCUT2D eigenvalue weighted by molar-refractivity contribution is 6.33. The van der Waals surface area contributed by atoms with Crippen LogP contribution in [0.3, 0.4) is 0 Å². The fourth-order valence-electron chi connectivity index (χ4n) is 8.41. The summed E-state index contributed by atoms with van der Waals surface area (Å²) >= 11 is 0. The molecule has 11 aromatic rings. The van der Waals surface area contributed by atoms with Crippen LogP contribution in [0.5, 0.6) is 0 Å². The standard InChI is InChI=1S/C49H29NO/c1-2-15-31(16-3-1)48-40-29-41(49-47(39-23-11-13-25-43(39)51-49)46(40)38-22-10-12-24-42(38)50-48)45-36-20-8-6-18-34(36)44(35-19-7-9-21-37(35)45)33-27-26-30-14-4-5-17-32(30)28-33/h1-29H. The Morgan fingerprint density at radius 3 is 1.71 bits per heavy atom. The Morgan fingerprint density at radius 2 is 0.961 bits per heavy atom. The van der Waals surface area contributed by atoms with E-state index in [9.17, 15) is 0 Å². The highest BCUT2D eigenvalue weighted by Gasteiger charge is 2.24. The summed E-state index contributed by atoms with van der Waals surface area (Å²) in [5, 5.41) is 12.9. The maximum absolute atomic E-state index is 6.98. The maximum atomic E-state index is 6.98. The molecule has 0 fully saturated rings. The van der Waals surface area contributed by atoms with Gasteiger partial charge in [-0.05, 0) is 67.7 Å². The molecule has 0 atom stereocenters. The monoisotopic (exact) mass is 647 g/mol. The lowest BCUT2D eigenvalue weighted by molar-refractivity contribution is 0.670. The van der Waals surface area contributed by atoms with Gasteiger partial charge in [-0.15, -0.1) is 0 Å². The minimum absolute atomic E-state index is 0.879. The molecular formula is C49H29NO. The quantitative estimate of drug-likeness (QED) is 0.141. The molecule has 236 valence electrons. The molecule has 0 radical (unpaired) electrons. The van der Waals surface area contributed by atoms with Crippen molar-refractivity contribution in [3.05, 3.63) is 176 Å². The summed E-state index contributed by atoms with van der Waals surface area (Å²) in [4.78, 5) is 5.35. The average molecular weight is 648 g/mol. The molecule has 0 aliphatic heterocycles. The van der Waals surface area contributed by atoms with Crippen molar-refractivity contribution in [3.8, 4) is 33.5 Å². The first-order valence-corrected chi connectivity index (χ1v) is 17.5. The Bertz CT molecular complexity index is 3130. The number of aromatic nitrogens is 1. The summed E-state index contributed by atoms with van der Waals surface area (Å²) in [6, 6.07) is 63.1. The van der Waals surface area contributed by atoms with E-state index in [1.165, 1.54) is 54.4 Å². The van der Waals surface area contributed by atoms with E-state index in [1.54, 1.807) is 0 Å². The largest absolute Gasteiger partial charge is 0.455 e. The first-order chi connectivity index (χ1) is 25.3. The first kappa shape index (κ1) is 28.1. The molecule has 51 heavy (non-hydrogen) atoms. The fraction of sp³-hybridized carbons (Fsp3) is 0. The van der Waals surface area contributed by atoms with Crippen LogP contribution in [0, 0.1) is 0 Å². The molecule has 0 aliphatic carbocycles. The molecule has 0 saturated heterocycles. The molecule has 11 rings (SSSR count). The van der Waals surface area contributed by atoms with Gasteiger partial charge >= 0.3 is 0 Å². The lowest BCUT2D eigenvalue weighted by Crippen LogP contribution is -1.94. The molecular weight excluding hydrogens is 619 g/mol. The summed E-state index contributed by atoms with van der Waals surface area (Å²) < 4.78 is 6.98. The average Bonchev–Trinajstić information content (AvgIpc) is 3.59. The van der Waals surface area contributed by atoms with Gasteiger partial charge in [-0.1, -0.05) is 152 Å². The van der Waals surface area contributed by atoms with Gasteiger partial charge in [0.15, 0.2) is 0 Å².